The van der Waals surface area contributed by atoms with E-state index >= 15 is 0 Å². The molecule has 9 nitrogen and oxygen atoms in total. The zero-order valence-electron chi connectivity index (χ0n) is 22.4. The van der Waals surface area contributed by atoms with E-state index in [9.17, 15) is 14.0 Å². The third-order valence-electron chi connectivity index (χ3n) is 6.90. The third kappa shape index (κ3) is 6.30. The van der Waals surface area contributed by atoms with Crippen LogP contribution in [-0.4, -0.2) is 40.7 Å². The summed E-state index contributed by atoms with van der Waals surface area (Å²) in [6.45, 7) is 1.76. The smallest absolute Gasteiger partial charge is 0.258 e. The molecular formula is C29H31FN4O5S. The average molecular weight is 567 g/mol. The molecule has 1 unspecified atom stereocenters. The van der Waals surface area contributed by atoms with Crippen LogP contribution in [0, 0.1) is 18.7 Å². The van der Waals surface area contributed by atoms with Crippen LogP contribution in [0.2, 0.25) is 0 Å². The Morgan fingerprint density at radius 2 is 1.93 bits per heavy atom. The summed E-state index contributed by atoms with van der Waals surface area (Å²) in [7, 11) is 1.52. The standard InChI is InChI=1S/C29H31FN4O5S/c1-18-15-22(33-39-18)16-31-25(35)17-38-24-10-6-9-23(26(24)37-2)29-34(28(36)20-7-4-3-5-8-20)32-27(40-29)19-11-13-21(30)14-12-19/h6,9-15,20,29H,3-5,7-8,16-17H2,1-2H3,(H,31,35). The summed E-state index contributed by atoms with van der Waals surface area (Å²) in [5.41, 5.74) is 2.03. The van der Waals surface area contributed by atoms with Crippen molar-refractivity contribution in [2.45, 2.75) is 50.9 Å². The summed E-state index contributed by atoms with van der Waals surface area (Å²) >= 11 is 1.40. The topological polar surface area (TPSA) is 106 Å². The van der Waals surface area contributed by atoms with Gasteiger partial charge in [-0.3, -0.25) is 9.59 Å². The van der Waals surface area contributed by atoms with Crippen LogP contribution in [0.25, 0.3) is 0 Å². The molecule has 0 saturated heterocycles. The molecule has 1 saturated carbocycles. The van der Waals surface area contributed by atoms with Gasteiger partial charge in [0.1, 0.15) is 27.7 Å². The maximum atomic E-state index is 13.7. The van der Waals surface area contributed by atoms with Gasteiger partial charge in [-0.15, -0.1) is 0 Å². The number of hydrogen-bond acceptors (Lipinski definition) is 8. The molecule has 1 fully saturated rings. The molecule has 5 rings (SSSR count). The van der Waals surface area contributed by atoms with Crippen molar-refractivity contribution in [2.24, 2.45) is 11.0 Å². The number of amides is 2. The molecule has 0 radical (unpaired) electrons. The summed E-state index contributed by atoms with van der Waals surface area (Å²) in [6, 6.07) is 13.2. The van der Waals surface area contributed by atoms with Gasteiger partial charge in [-0.1, -0.05) is 48.3 Å². The summed E-state index contributed by atoms with van der Waals surface area (Å²) in [5, 5.41) is 13.0. The Hall–Kier alpha value is -3.86. The van der Waals surface area contributed by atoms with E-state index in [4.69, 9.17) is 19.1 Å². The first kappa shape index (κ1) is 27.7. The molecule has 40 heavy (non-hydrogen) atoms. The lowest BCUT2D eigenvalue weighted by Crippen LogP contribution is -2.33. The Morgan fingerprint density at radius 3 is 2.62 bits per heavy atom. The number of hydrogen-bond donors (Lipinski definition) is 1. The van der Waals surface area contributed by atoms with Gasteiger partial charge in [0.25, 0.3) is 5.91 Å². The quantitative estimate of drug-likeness (QED) is 0.373. The fraction of sp³-hybridized carbons (Fsp3) is 0.379. The molecule has 2 amide bonds. The van der Waals surface area contributed by atoms with Crippen molar-refractivity contribution >= 4 is 28.6 Å². The Bertz CT molecular complexity index is 1390. The van der Waals surface area contributed by atoms with Crippen LogP contribution in [0.3, 0.4) is 0 Å². The van der Waals surface area contributed by atoms with Gasteiger partial charge >= 0.3 is 0 Å². The number of nitrogens with one attached hydrogen (secondary N) is 1. The number of rotatable bonds is 9. The molecule has 210 valence electrons. The van der Waals surface area contributed by atoms with Crippen molar-refractivity contribution in [3.63, 3.8) is 0 Å². The third-order valence-corrected chi connectivity index (χ3v) is 8.11. The Kier molecular flexibility index (Phi) is 8.69. The predicted molar refractivity (Wildman–Crippen MR) is 148 cm³/mol. The maximum absolute atomic E-state index is 13.7. The van der Waals surface area contributed by atoms with Gasteiger partial charge in [0.2, 0.25) is 5.91 Å². The number of halogens is 1. The van der Waals surface area contributed by atoms with E-state index in [0.717, 1.165) is 37.7 Å². The highest BCUT2D eigenvalue weighted by atomic mass is 32.2. The van der Waals surface area contributed by atoms with Crippen molar-refractivity contribution in [2.75, 3.05) is 13.7 Å². The molecule has 1 N–H and O–H groups in total. The first-order chi connectivity index (χ1) is 19.4. The number of carbonyl (C=O) groups is 2. The summed E-state index contributed by atoms with van der Waals surface area (Å²) in [4.78, 5) is 26.2. The van der Waals surface area contributed by atoms with Gasteiger partial charge in [0.05, 0.1) is 13.7 Å². The van der Waals surface area contributed by atoms with Crippen LogP contribution >= 0.6 is 11.8 Å². The van der Waals surface area contributed by atoms with E-state index in [-0.39, 0.29) is 36.7 Å². The lowest BCUT2D eigenvalue weighted by atomic mass is 9.88. The van der Waals surface area contributed by atoms with E-state index in [1.807, 2.05) is 6.07 Å². The number of benzene rings is 2. The van der Waals surface area contributed by atoms with Crippen LogP contribution in [0.1, 0.15) is 60.1 Å². The van der Waals surface area contributed by atoms with Crippen LogP contribution in [0.4, 0.5) is 4.39 Å². The van der Waals surface area contributed by atoms with Crippen molar-refractivity contribution in [3.05, 3.63) is 76.9 Å². The van der Waals surface area contributed by atoms with Crippen molar-refractivity contribution < 1.29 is 28.0 Å². The monoisotopic (exact) mass is 566 g/mol. The molecule has 1 aliphatic heterocycles. The molecule has 0 spiro atoms. The van der Waals surface area contributed by atoms with Crippen molar-refractivity contribution in [1.29, 1.82) is 0 Å². The van der Waals surface area contributed by atoms with Crippen LogP contribution in [0.15, 0.2) is 58.2 Å². The second-order valence-electron chi connectivity index (χ2n) is 9.77. The molecule has 1 atom stereocenters. The number of ether oxygens (including phenoxy) is 2. The van der Waals surface area contributed by atoms with Gasteiger partial charge in [-0.05, 0) is 50.1 Å². The average Bonchev–Trinajstić information content (AvgIpc) is 3.61. The van der Waals surface area contributed by atoms with Gasteiger partial charge in [0, 0.05) is 23.1 Å². The van der Waals surface area contributed by atoms with Crippen LogP contribution in [-0.2, 0) is 16.1 Å². The number of methoxy groups -OCH3 is 1. The number of aryl methyl sites for hydroxylation is 1. The minimum Gasteiger partial charge on any atom is -0.492 e. The molecule has 1 aliphatic carbocycles. The largest absolute Gasteiger partial charge is 0.492 e. The first-order valence-electron chi connectivity index (χ1n) is 13.3. The molecule has 2 heterocycles. The van der Waals surface area contributed by atoms with Crippen LogP contribution in [0.5, 0.6) is 11.5 Å². The highest BCUT2D eigenvalue weighted by Crippen LogP contribution is 2.48. The molecule has 1 aromatic heterocycles. The molecular weight excluding hydrogens is 535 g/mol. The van der Waals surface area contributed by atoms with Gasteiger partial charge < -0.3 is 19.3 Å². The van der Waals surface area contributed by atoms with E-state index in [1.54, 1.807) is 37.3 Å². The van der Waals surface area contributed by atoms with E-state index in [0.29, 0.717) is 33.6 Å². The zero-order chi connectivity index (χ0) is 28.1. The predicted octanol–water partition coefficient (Wildman–Crippen LogP) is 5.34. The van der Waals surface area contributed by atoms with E-state index in [2.05, 4.69) is 10.5 Å². The lowest BCUT2D eigenvalue weighted by Gasteiger charge is -2.28. The number of hydrazone groups is 1. The summed E-state index contributed by atoms with van der Waals surface area (Å²) in [5.74, 6) is 0.630. The van der Waals surface area contributed by atoms with Gasteiger partial charge in [-0.25, -0.2) is 9.40 Å². The highest BCUT2D eigenvalue weighted by molar-refractivity contribution is 8.14. The molecule has 2 aliphatic rings. The normalized spacial score (nSPS) is 17.4. The molecule has 2 aromatic carbocycles. The fourth-order valence-electron chi connectivity index (χ4n) is 4.89. The number of para-hydroxylation sites is 1. The fourth-order valence-corrected chi connectivity index (χ4v) is 6.07. The number of carbonyl (C=O) groups excluding carboxylic acids is 2. The lowest BCUT2D eigenvalue weighted by molar-refractivity contribution is -0.137. The second-order valence-corrected chi connectivity index (χ2v) is 10.8. The SMILES string of the molecule is COc1c(OCC(=O)NCc2cc(C)on2)cccc1C1SC(c2ccc(F)cc2)=NN1C(=O)C1CCCCC1. The Morgan fingerprint density at radius 1 is 1.15 bits per heavy atom. The summed E-state index contributed by atoms with van der Waals surface area (Å²) < 4.78 is 30.2. The minimum atomic E-state index is -0.516. The zero-order valence-corrected chi connectivity index (χ0v) is 23.2. The van der Waals surface area contributed by atoms with E-state index in [1.165, 1.54) is 36.0 Å². The Balaban J connectivity index is 1.36. The van der Waals surface area contributed by atoms with Gasteiger partial charge in [0.15, 0.2) is 18.1 Å². The summed E-state index contributed by atoms with van der Waals surface area (Å²) in [6.07, 6.45) is 4.82. The second kappa shape index (κ2) is 12.5. The Labute approximate surface area is 236 Å². The number of aromatic nitrogens is 1. The molecule has 3 aromatic rings. The molecule has 11 heteroatoms. The molecule has 0 bridgehead atoms. The first-order valence-corrected chi connectivity index (χ1v) is 14.1. The van der Waals surface area contributed by atoms with Crippen molar-refractivity contribution in [1.82, 2.24) is 15.5 Å². The number of thioether (sulfide) groups is 1. The maximum Gasteiger partial charge on any atom is 0.258 e. The number of nitrogens with zero attached hydrogens (tertiary/aromatic N) is 3. The minimum absolute atomic E-state index is 0.0369. The highest BCUT2D eigenvalue weighted by Gasteiger charge is 2.39. The van der Waals surface area contributed by atoms with Gasteiger partial charge in [-0.2, -0.15) is 5.10 Å². The van der Waals surface area contributed by atoms with E-state index < -0.39 is 5.37 Å². The van der Waals surface area contributed by atoms with Crippen LogP contribution < -0.4 is 14.8 Å². The van der Waals surface area contributed by atoms with Crippen molar-refractivity contribution in [3.8, 4) is 11.5 Å².